The lowest BCUT2D eigenvalue weighted by molar-refractivity contribution is 0.359. The molecule has 0 unspecified atom stereocenters. The van der Waals surface area contributed by atoms with Crippen molar-refractivity contribution in [3.05, 3.63) is 41.2 Å². The van der Waals surface area contributed by atoms with Crippen molar-refractivity contribution in [1.29, 1.82) is 0 Å². The van der Waals surface area contributed by atoms with E-state index in [-0.39, 0.29) is 5.82 Å². The second kappa shape index (κ2) is 5.51. The average molecular weight is 209 g/mol. The molecule has 0 aromatic heterocycles. The van der Waals surface area contributed by atoms with E-state index in [0.717, 1.165) is 5.56 Å². The summed E-state index contributed by atoms with van der Waals surface area (Å²) in [6.07, 6.45) is 1.94. The maximum absolute atomic E-state index is 13.0. The molecule has 2 nitrogen and oxygen atoms in total. The van der Waals surface area contributed by atoms with Crippen LogP contribution in [0.5, 0.6) is 5.75 Å². The smallest absolute Gasteiger partial charge is 0.127 e. The molecule has 15 heavy (non-hydrogen) atoms. The molecule has 0 aliphatic heterocycles. The minimum Gasteiger partial charge on any atom is -0.489 e. The van der Waals surface area contributed by atoms with Gasteiger partial charge in [-0.25, -0.2) is 4.39 Å². The van der Waals surface area contributed by atoms with E-state index in [1.165, 1.54) is 17.7 Å². The number of hydrogen-bond acceptors (Lipinski definition) is 2. The Morgan fingerprint density at radius 3 is 2.73 bits per heavy atom. The lowest BCUT2D eigenvalue weighted by atomic mass is 10.2. The molecule has 0 atom stereocenters. The fraction of sp³-hybridized carbons (Fsp3) is 0.333. The molecule has 0 amide bonds. The van der Waals surface area contributed by atoms with Crippen LogP contribution in [-0.2, 0) is 6.54 Å². The van der Waals surface area contributed by atoms with Crippen LogP contribution in [-0.4, -0.2) is 6.61 Å². The highest BCUT2D eigenvalue weighted by molar-refractivity contribution is 5.29. The first-order valence-electron chi connectivity index (χ1n) is 4.87. The molecule has 0 bridgehead atoms. The zero-order valence-electron chi connectivity index (χ0n) is 9.09. The zero-order chi connectivity index (χ0) is 11.3. The minimum absolute atomic E-state index is 0.315. The fourth-order valence-electron chi connectivity index (χ4n) is 1.13. The van der Waals surface area contributed by atoms with Crippen molar-refractivity contribution < 1.29 is 9.13 Å². The van der Waals surface area contributed by atoms with Gasteiger partial charge in [0, 0.05) is 12.6 Å². The first kappa shape index (κ1) is 11.7. The van der Waals surface area contributed by atoms with Crippen LogP contribution in [0.2, 0.25) is 0 Å². The molecule has 1 aromatic rings. The van der Waals surface area contributed by atoms with Crippen LogP contribution in [0.25, 0.3) is 0 Å². The van der Waals surface area contributed by atoms with Gasteiger partial charge in [0.05, 0.1) is 0 Å². The van der Waals surface area contributed by atoms with E-state index in [1.54, 1.807) is 6.07 Å². The molecule has 82 valence electrons. The molecule has 0 heterocycles. The molecular formula is C12H16FNO. The maximum Gasteiger partial charge on any atom is 0.127 e. The molecule has 0 aliphatic carbocycles. The van der Waals surface area contributed by atoms with Gasteiger partial charge in [-0.2, -0.15) is 0 Å². The van der Waals surface area contributed by atoms with Gasteiger partial charge in [0.25, 0.3) is 0 Å². The van der Waals surface area contributed by atoms with Crippen molar-refractivity contribution in [2.75, 3.05) is 6.61 Å². The number of halogens is 1. The van der Waals surface area contributed by atoms with E-state index >= 15 is 0 Å². The van der Waals surface area contributed by atoms with E-state index in [1.807, 2.05) is 19.9 Å². The number of allylic oxidation sites excluding steroid dienone is 1. The number of nitrogens with two attached hydrogens (primary N) is 1. The Bertz CT molecular complexity index is 357. The lowest BCUT2D eigenvalue weighted by Crippen LogP contribution is -2.00. The van der Waals surface area contributed by atoms with Gasteiger partial charge in [-0.3, -0.25) is 0 Å². The van der Waals surface area contributed by atoms with Crippen molar-refractivity contribution in [1.82, 2.24) is 0 Å². The van der Waals surface area contributed by atoms with E-state index in [4.69, 9.17) is 10.5 Å². The van der Waals surface area contributed by atoms with Gasteiger partial charge in [-0.1, -0.05) is 5.57 Å². The van der Waals surface area contributed by atoms with Gasteiger partial charge < -0.3 is 10.5 Å². The van der Waals surface area contributed by atoms with Gasteiger partial charge in [0.2, 0.25) is 0 Å². The van der Waals surface area contributed by atoms with Gasteiger partial charge in [-0.15, -0.1) is 0 Å². The number of hydrogen-bond donors (Lipinski definition) is 1. The Kier molecular flexibility index (Phi) is 4.31. The predicted octanol–water partition coefficient (Wildman–Crippen LogP) is 2.63. The van der Waals surface area contributed by atoms with Crippen LogP contribution in [0.15, 0.2) is 29.8 Å². The van der Waals surface area contributed by atoms with Crippen molar-refractivity contribution in [3.63, 3.8) is 0 Å². The highest BCUT2D eigenvalue weighted by Crippen LogP contribution is 2.16. The Morgan fingerprint density at radius 2 is 2.13 bits per heavy atom. The van der Waals surface area contributed by atoms with Crippen LogP contribution in [0.4, 0.5) is 4.39 Å². The summed E-state index contributed by atoms with van der Waals surface area (Å²) in [6.45, 7) is 4.74. The van der Waals surface area contributed by atoms with Gasteiger partial charge in [0.1, 0.15) is 18.2 Å². The van der Waals surface area contributed by atoms with Gasteiger partial charge >= 0.3 is 0 Å². The summed E-state index contributed by atoms with van der Waals surface area (Å²) in [5, 5.41) is 0. The van der Waals surface area contributed by atoms with Crippen LogP contribution in [0, 0.1) is 5.82 Å². The Hall–Kier alpha value is -1.35. The normalized spacial score (nSPS) is 9.87. The summed E-state index contributed by atoms with van der Waals surface area (Å²) >= 11 is 0. The van der Waals surface area contributed by atoms with Gasteiger partial charge in [0.15, 0.2) is 0 Å². The van der Waals surface area contributed by atoms with Crippen LogP contribution < -0.4 is 10.5 Å². The largest absolute Gasteiger partial charge is 0.489 e. The van der Waals surface area contributed by atoms with E-state index < -0.39 is 0 Å². The first-order valence-corrected chi connectivity index (χ1v) is 4.87. The Morgan fingerprint density at radius 1 is 1.40 bits per heavy atom. The zero-order valence-corrected chi connectivity index (χ0v) is 9.09. The first-order chi connectivity index (χ1) is 7.11. The minimum atomic E-state index is -0.315. The summed E-state index contributed by atoms with van der Waals surface area (Å²) in [5.41, 5.74) is 7.34. The summed E-state index contributed by atoms with van der Waals surface area (Å²) < 4.78 is 18.4. The monoisotopic (exact) mass is 209 g/mol. The number of benzene rings is 1. The molecule has 2 N–H and O–H groups in total. The lowest BCUT2D eigenvalue weighted by Gasteiger charge is -2.05. The summed E-state index contributed by atoms with van der Waals surface area (Å²) in [4.78, 5) is 0. The maximum atomic E-state index is 13.0. The Labute approximate surface area is 89.6 Å². The second-order valence-corrected chi connectivity index (χ2v) is 3.59. The standard InChI is InChI=1S/C12H16FNO/c1-9(2)3-4-15-12-6-10(8-14)5-11(13)7-12/h3,5-7H,4,8,14H2,1-2H3. The second-order valence-electron chi connectivity index (χ2n) is 3.59. The van der Waals surface area contributed by atoms with Gasteiger partial charge in [-0.05, 0) is 37.6 Å². The molecule has 3 heteroatoms. The predicted molar refractivity (Wildman–Crippen MR) is 59.2 cm³/mol. The van der Waals surface area contributed by atoms with E-state index in [9.17, 15) is 4.39 Å². The molecule has 0 spiro atoms. The van der Waals surface area contributed by atoms with E-state index in [0.29, 0.717) is 18.9 Å². The topological polar surface area (TPSA) is 35.2 Å². The SMILES string of the molecule is CC(C)=CCOc1cc(F)cc(CN)c1. The third-order valence-corrected chi connectivity index (χ3v) is 1.91. The van der Waals surface area contributed by atoms with Crippen LogP contribution in [0.1, 0.15) is 19.4 Å². The third-order valence-electron chi connectivity index (χ3n) is 1.91. The third kappa shape index (κ3) is 4.13. The average Bonchev–Trinajstić information content (AvgIpc) is 2.16. The Balaban J connectivity index is 2.68. The molecule has 1 aromatic carbocycles. The number of rotatable bonds is 4. The van der Waals surface area contributed by atoms with Crippen molar-refractivity contribution >= 4 is 0 Å². The molecule has 1 rings (SSSR count). The summed E-state index contributed by atoms with van der Waals surface area (Å²) in [7, 11) is 0. The van der Waals surface area contributed by atoms with Crippen molar-refractivity contribution in [3.8, 4) is 5.75 Å². The highest BCUT2D eigenvalue weighted by atomic mass is 19.1. The number of ether oxygens (including phenoxy) is 1. The summed E-state index contributed by atoms with van der Waals surface area (Å²) in [6, 6.07) is 4.52. The molecule has 0 aliphatic rings. The summed E-state index contributed by atoms with van der Waals surface area (Å²) in [5.74, 6) is 0.207. The van der Waals surface area contributed by atoms with E-state index in [2.05, 4.69) is 0 Å². The van der Waals surface area contributed by atoms with Crippen molar-refractivity contribution in [2.24, 2.45) is 5.73 Å². The fourth-order valence-corrected chi connectivity index (χ4v) is 1.13. The van der Waals surface area contributed by atoms with Crippen LogP contribution in [0.3, 0.4) is 0 Å². The van der Waals surface area contributed by atoms with Crippen LogP contribution >= 0.6 is 0 Å². The molecular weight excluding hydrogens is 193 g/mol. The highest BCUT2D eigenvalue weighted by Gasteiger charge is 1.99. The quantitative estimate of drug-likeness (QED) is 0.774. The van der Waals surface area contributed by atoms with Crippen molar-refractivity contribution in [2.45, 2.75) is 20.4 Å². The molecule has 0 radical (unpaired) electrons. The molecule has 0 saturated heterocycles. The molecule has 0 fully saturated rings. The molecule has 0 saturated carbocycles.